The van der Waals surface area contributed by atoms with E-state index in [0.29, 0.717) is 19.5 Å². The molecule has 0 saturated carbocycles. The molecule has 0 spiro atoms. The summed E-state index contributed by atoms with van der Waals surface area (Å²) in [4.78, 5) is 31.3. The normalized spacial score (nSPS) is 18.8. The number of amides is 2. The van der Waals surface area contributed by atoms with Gasteiger partial charge in [0.25, 0.3) is 0 Å². The highest BCUT2D eigenvalue weighted by atomic mass is 19.4. The lowest BCUT2D eigenvalue weighted by Crippen LogP contribution is -2.54. The minimum atomic E-state index is -4.62. The van der Waals surface area contributed by atoms with E-state index in [1.165, 1.54) is 12.3 Å². The number of halogens is 3. The van der Waals surface area contributed by atoms with Crippen LogP contribution in [0.5, 0.6) is 5.88 Å². The Bertz CT molecular complexity index is 1080. The van der Waals surface area contributed by atoms with E-state index in [0.717, 1.165) is 11.6 Å². The Balaban J connectivity index is 1.72. The van der Waals surface area contributed by atoms with E-state index < -0.39 is 34.7 Å². The Morgan fingerprint density at radius 1 is 1.05 bits per heavy atom. The summed E-state index contributed by atoms with van der Waals surface area (Å²) in [6.45, 7) is 9.06. The van der Waals surface area contributed by atoms with Gasteiger partial charge in [0.1, 0.15) is 17.8 Å². The number of nitrogens with one attached hydrogen (secondary N) is 1. The van der Waals surface area contributed by atoms with Crippen LogP contribution in [0.25, 0.3) is 0 Å². The molecule has 1 aliphatic rings. The number of hydrogen-bond acceptors (Lipinski definition) is 5. The predicted molar refractivity (Wildman–Crippen MR) is 132 cm³/mol. The molecule has 0 radical (unpaired) electrons. The molecule has 2 heterocycles. The average molecular weight is 522 g/mol. The number of hydrogen-bond donors (Lipinski definition) is 1. The van der Waals surface area contributed by atoms with Crippen LogP contribution in [0.2, 0.25) is 0 Å². The molecule has 1 N–H and O–H groups in total. The molecular weight excluding hydrogens is 487 g/mol. The summed E-state index contributed by atoms with van der Waals surface area (Å²) in [6, 6.07) is 11.3. The average Bonchev–Trinajstić information content (AvgIpc) is 2.82. The first-order valence-electron chi connectivity index (χ1n) is 12.2. The number of likely N-dealkylation sites (tertiary alicyclic amines) is 1. The van der Waals surface area contributed by atoms with E-state index in [-0.39, 0.29) is 24.5 Å². The van der Waals surface area contributed by atoms with E-state index in [1.807, 2.05) is 30.3 Å². The van der Waals surface area contributed by atoms with Crippen molar-refractivity contribution in [1.29, 1.82) is 0 Å². The molecule has 2 atom stereocenters. The Kier molecular flexibility index (Phi) is 8.39. The number of carbonyl (C=O) groups is 2. The topological polar surface area (TPSA) is 80.8 Å². The second-order valence-corrected chi connectivity index (χ2v) is 10.8. The molecule has 0 unspecified atom stereocenters. The van der Waals surface area contributed by atoms with Crippen molar-refractivity contribution >= 4 is 12.0 Å². The van der Waals surface area contributed by atoms with Gasteiger partial charge in [-0.25, -0.2) is 9.78 Å². The van der Waals surface area contributed by atoms with Crippen molar-refractivity contribution in [1.82, 2.24) is 15.2 Å². The van der Waals surface area contributed by atoms with Gasteiger partial charge in [-0.1, -0.05) is 30.3 Å². The van der Waals surface area contributed by atoms with E-state index in [9.17, 15) is 22.8 Å². The number of rotatable bonds is 6. The molecule has 2 aromatic rings. The number of piperidine rings is 1. The van der Waals surface area contributed by atoms with Crippen LogP contribution in [0.1, 0.15) is 58.1 Å². The molecule has 1 saturated heterocycles. The molecule has 7 nitrogen and oxygen atoms in total. The number of nitrogens with zero attached hydrogens (tertiary/aromatic N) is 2. The number of pyridine rings is 1. The molecule has 2 amide bonds. The maximum atomic E-state index is 13.3. The zero-order valence-corrected chi connectivity index (χ0v) is 21.8. The summed E-state index contributed by atoms with van der Waals surface area (Å²) in [5.41, 5.74) is -1.82. The smallest absolute Gasteiger partial charge is 0.421 e. The monoisotopic (exact) mass is 521 g/mol. The van der Waals surface area contributed by atoms with Crippen LogP contribution in [-0.2, 0) is 15.7 Å². The standard InChI is InChI=1S/C27H34F3N3O4/c1-25(2,3)37-24(35)33-15-13-21(19(16-33)18-10-7-6-8-11-18)32-23(34)26(4,5)17-36-22-20(27(28,29)30)12-9-14-31-22/h6-12,14,19,21H,13,15-17H2,1-5H3,(H,32,34)/t19-,21+/m1/s1. The second kappa shape index (κ2) is 11.0. The SMILES string of the molecule is CC(C)(C)OC(=O)N1CC[C@H](NC(=O)C(C)(C)COc2ncccc2C(F)(F)F)[C@@H](c2ccccc2)C1. The summed E-state index contributed by atoms with van der Waals surface area (Å²) >= 11 is 0. The van der Waals surface area contributed by atoms with Crippen molar-refractivity contribution in [2.24, 2.45) is 5.41 Å². The van der Waals surface area contributed by atoms with Gasteiger partial charge in [0, 0.05) is 31.2 Å². The maximum Gasteiger partial charge on any atom is 0.421 e. The maximum absolute atomic E-state index is 13.3. The van der Waals surface area contributed by atoms with Crippen LogP contribution in [0.3, 0.4) is 0 Å². The summed E-state index contributed by atoms with van der Waals surface area (Å²) in [5.74, 6) is -1.13. The number of alkyl halides is 3. The van der Waals surface area contributed by atoms with E-state index >= 15 is 0 Å². The van der Waals surface area contributed by atoms with Crippen molar-refractivity contribution in [2.45, 2.75) is 64.8 Å². The van der Waals surface area contributed by atoms with Crippen molar-refractivity contribution in [3.8, 4) is 5.88 Å². The highest BCUT2D eigenvalue weighted by molar-refractivity contribution is 5.82. The fraction of sp³-hybridized carbons (Fsp3) is 0.519. The van der Waals surface area contributed by atoms with Gasteiger partial charge in [-0.2, -0.15) is 13.2 Å². The Hall–Kier alpha value is -3.30. The quantitative estimate of drug-likeness (QED) is 0.550. The Morgan fingerprint density at radius 2 is 1.73 bits per heavy atom. The number of benzene rings is 1. The van der Waals surface area contributed by atoms with Crippen LogP contribution in [0.4, 0.5) is 18.0 Å². The van der Waals surface area contributed by atoms with Gasteiger partial charge in [-0.05, 0) is 58.7 Å². The highest BCUT2D eigenvalue weighted by Crippen LogP contribution is 2.35. The van der Waals surface area contributed by atoms with Gasteiger partial charge in [0.05, 0.1) is 5.41 Å². The number of aromatic nitrogens is 1. The molecule has 0 bridgehead atoms. The molecular formula is C27H34F3N3O4. The first kappa shape index (κ1) is 28.3. The highest BCUT2D eigenvalue weighted by Gasteiger charge is 2.39. The summed E-state index contributed by atoms with van der Waals surface area (Å²) in [7, 11) is 0. The summed E-state index contributed by atoms with van der Waals surface area (Å²) < 4.78 is 50.8. The fourth-order valence-corrected chi connectivity index (χ4v) is 4.05. The van der Waals surface area contributed by atoms with Crippen LogP contribution in [0, 0.1) is 5.41 Å². The van der Waals surface area contributed by atoms with Gasteiger partial charge < -0.3 is 19.7 Å². The third-order valence-corrected chi connectivity index (χ3v) is 6.07. The van der Waals surface area contributed by atoms with Crippen molar-refractivity contribution in [3.05, 3.63) is 59.8 Å². The first-order chi connectivity index (χ1) is 17.2. The van der Waals surface area contributed by atoms with Crippen molar-refractivity contribution < 1.29 is 32.2 Å². The minimum absolute atomic E-state index is 0.198. The van der Waals surface area contributed by atoms with Crippen molar-refractivity contribution in [2.75, 3.05) is 19.7 Å². The zero-order valence-electron chi connectivity index (χ0n) is 21.8. The molecule has 1 aromatic heterocycles. The molecule has 1 aromatic carbocycles. The van der Waals surface area contributed by atoms with Crippen LogP contribution in [-0.4, -0.2) is 53.2 Å². The Morgan fingerprint density at radius 3 is 2.35 bits per heavy atom. The van der Waals surface area contributed by atoms with E-state index in [1.54, 1.807) is 39.5 Å². The molecule has 202 valence electrons. The fourth-order valence-electron chi connectivity index (χ4n) is 4.05. The molecule has 37 heavy (non-hydrogen) atoms. The lowest BCUT2D eigenvalue weighted by atomic mass is 9.84. The summed E-state index contributed by atoms with van der Waals surface area (Å²) in [6.07, 6.45) is -3.34. The first-order valence-corrected chi connectivity index (χ1v) is 12.2. The third kappa shape index (κ3) is 7.60. The van der Waals surface area contributed by atoms with Gasteiger partial charge in [0.2, 0.25) is 11.8 Å². The van der Waals surface area contributed by atoms with Crippen LogP contribution in [0.15, 0.2) is 48.7 Å². The predicted octanol–water partition coefficient (Wildman–Crippen LogP) is 5.41. The molecule has 3 rings (SSSR count). The lowest BCUT2D eigenvalue weighted by Gasteiger charge is -2.40. The molecule has 1 fully saturated rings. The van der Waals surface area contributed by atoms with Gasteiger partial charge >= 0.3 is 12.3 Å². The molecule has 10 heteroatoms. The third-order valence-electron chi connectivity index (χ3n) is 6.07. The second-order valence-electron chi connectivity index (χ2n) is 10.8. The number of ether oxygens (including phenoxy) is 2. The Labute approximate surface area is 215 Å². The zero-order chi connectivity index (χ0) is 27.4. The van der Waals surface area contributed by atoms with Gasteiger partial charge in [0.15, 0.2) is 0 Å². The van der Waals surface area contributed by atoms with E-state index in [4.69, 9.17) is 9.47 Å². The van der Waals surface area contributed by atoms with Crippen molar-refractivity contribution in [3.63, 3.8) is 0 Å². The molecule has 1 aliphatic heterocycles. The summed E-state index contributed by atoms with van der Waals surface area (Å²) in [5, 5.41) is 3.06. The van der Waals surface area contributed by atoms with Crippen LogP contribution < -0.4 is 10.1 Å². The lowest BCUT2D eigenvalue weighted by molar-refractivity contribution is -0.139. The van der Waals surface area contributed by atoms with Crippen LogP contribution >= 0.6 is 0 Å². The van der Waals surface area contributed by atoms with Gasteiger partial charge in [-0.3, -0.25) is 4.79 Å². The molecule has 0 aliphatic carbocycles. The van der Waals surface area contributed by atoms with Gasteiger partial charge in [-0.15, -0.1) is 0 Å². The number of carbonyl (C=O) groups excluding carboxylic acids is 2. The minimum Gasteiger partial charge on any atom is -0.476 e. The van der Waals surface area contributed by atoms with E-state index in [2.05, 4.69) is 10.3 Å². The largest absolute Gasteiger partial charge is 0.476 e.